The first kappa shape index (κ1) is 38.2. The molecule has 8 rings (SSSR count). The van der Waals surface area contributed by atoms with Crippen molar-refractivity contribution in [1.29, 1.82) is 0 Å². The average molecular weight is 777 g/mol. The van der Waals surface area contributed by atoms with Crippen LogP contribution < -0.4 is 0 Å². The van der Waals surface area contributed by atoms with Gasteiger partial charge in [-0.3, -0.25) is 28.8 Å². The number of hydrogen-bond acceptors (Lipinski definition) is 17. The number of esters is 6. The largest absolute Gasteiger partial charge is 0.462 e. The smallest absolute Gasteiger partial charge is 0.341 e. The van der Waals surface area contributed by atoms with Crippen molar-refractivity contribution in [1.82, 2.24) is 0 Å². The number of aliphatic hydroxyl groups is 2. The lowest BCUT2D eigenvalue weighted by molar-refractivity contribution is -0.298. The molecule has 3 aliphatic heterocycles. The van der Waals surface area contributed by atoms with Gasteiger partial charge in [0, 0.05) is 70.1 Å². The van der Waals surface area contributed by atoms with Gasteiger partial charge in [0.05, 0.1) is 16.9 Å². The molecule has 2 N–H and O–H groups in total. The maximum absolute atomic E-state index is 15.2. The minimum absolute atomic E-state index is 0.295. The lowest BCUT2D eigenvalue weighted by Gasteiger charge is -2.67. The van der Waals surface area contributed by atoms with E-state index in [1.54, 1.807) is 13.8 Å². The molecule has 17 nitrogen and oxygen atoms in total. The van der Waals surface area contributed by atoms with Crippen LogP contribution in [-0.2, 0) is 71.5 Å². The number of ketones is 1. The van der Waals surface area contributed by atoms with Crippen LogP contribution in [0.5, 0.6) is 0 Å². The molecule has 3 saturated heterocycles. The summed E-state index contributed by atoms with van der Waals surface area (Å²) in [5.74, 6) is -13.8. The van der Waals surface area contributed by atoms with Crippen LogP contribution in [0.15, 0.2) is 0 Å². The molecule has 302 valence electrons. The summed E-state index contributed by atoms with van der Waals surface area (Å²) >= 11 is 0. The van der Waals surface area contributed by atoms with Crippen LogP contribution in [-0.4, -0.2) is 118 Å². The summed E-state index contributed by atoms with van der Waals surface area (Å²) in [6.07, 6.45) is -10.0. The molecule has 0 unspecified atom stereocenters. The second-order valence-corrected chi connectivity index (χ2v) is 17.9. The molecule has 20 atom stereocenters. The van der Waals surface area contributed by atoms with Crippen molar-refractivity contribution in [3.05, 3.63) is 0 Å². The summed E-state index contributed by atoms with van der Waals surface area (Å²) in [5.41, 5.74) is -9.69. The normalized spacial score (nSPS) is 54.6. The predicted octanol–water partition coefficient (Wildman–Crippen LogP) is 0.310. The third-order valence-corrected chi connectivity index (χ3v) is 15.4. The van der Waals surface area contributed by atoms with Crippen LogP contribution in [0.1, 0.15) is 75.7 Å². The molecule has 0 amide bonds. The van der Waals surface area contributed by atoms with Gasteiger partial charge in [0.15, 0.2) is 11.7 Å². The Bertz CT molecular complexity index is 1830. The van der Waals surface area contributed by atoms with Crippen molar-refractivity contribution >= 4 is 41.6 Å². The van der Waals surface area contributed by atoms with Gasteiger partial charge in [0.1, 0.15) is 42.2 Å². The van der Waals surface area contributed by atoms with E-state index >= 15 is 4.79 Å². The van der Waals surface area contributed by atoms with Gasteiger partial charge < -0.3 is 48.1 Å². The van der Waals surface area contributed by atoms with Crippen molar-refractivity contribution < 1.29 is 81.7 Å². The average Bonchev–Trinajstić information content (AvgIpc) is 3.95. The number of hydrogen-bond donors (Lipinski definition) is 2. The molecule has 5 aliphatic carbocycles. The highest BCUT2D eigenvalue weighted by atomic mass is 16.8. The fourth-order valence-corrected chi connectivity index (χ4v) is 13.5. The van der Waals surface area contributed by atoms with E-state index in [1.807, 2.05) is 6.92 Å². The van der Waals surface area contributed by atoms with E-state index in [9.17, 15) is 39.0 Å². The van der Waals surface area contributed by atoms with Gasteiger partial charge in [-0.2, -0.15) is 0 Å². The van der Waals surface area contributed by atoms with E-state index in [0.29, 0.717) is 0 Å². The number of carbonyl (C=O) groups excluding carboxylic acids is 7. The molecule has 17 heteroatoms. The van der Waals surface area contributed by atoms with E-state index in [0.717, 1.165) is 27.7 Å². The lowest BCUT2D eigenvalue weighted by atomic mass is 9.39. The second kappa shape index (κ2) is 11.3. The van der Waals surface area contributed by atoms with E-state index in [1.165, 1.54) is 20.8 Å². The molecular weight excluding hydrogens is 728 g/mol. The van der Waals surface area contributed by atoms with Gasteiger partial charge in [-0.05, 0) is 25.7 Å². The lowest BCUT2D eigenvalue weighted by Crippen LogP contribution is -2.80. The van der Waals surface area contributed by atoms with Crippen LogP contribution >= 0.6 is 0 Å². The van der Waals surface area contributed by atoms with Crippen LogP contribution in [0.2, 0.25) is 0 Å². The minimum atomic E-state index is -2.44. The standard InChI is InChI=1S/C38H48O17/c1-12-20-23(35(9)36(10,46)32(45)55-38(35)29(12)54-38)26(49-14(3)40)21-19-22(27(50-15(4)41)30(33(20,21)7)51-16(5)42)34(8)31(52-17(6)43)24-18(53-24)11-37(34,47)28(44)25(19)48-13(2)39/h12,18-27,29-31,46-47H,11H2,1-10H3/t12-,18-,19-,20-,21+,22+,23-,24-,25+,26+,27-,29-,30-,31-,33+,34-,35-,36+,37-,38+/m0/s1. The van der Waals surface area contributed by atoms with Crippen LogP contribution in [0.3, 0.4) is 0 Å². The van der Waals surface area contributed by atoms with Gasteiger partial charge in [0.2, 0.25) is 11.6 Å². The summed E-state index contributed by atoms with van der Waals surface area (Å²) in [5, 5.41) is 25.0. The highest BCUT2D eigenvalue weighted by Crippen LogP contribution is 2.81. The summed E-state index contributed by atoms with van der Waals surface area (Å²) in [7, 11) is 0. The SMILES string of the molecule is CC(=O)O[C@@H]1[C@H]2[C@H]3[C@H]([C@H](OC(C)=O)[C@H](OC(C)=O)[C@]2(C)[C@H]2[C@H](C)[C@@H]4O[C@@]45OC(=O)[C@@](C)(O)[C@]5(C)[C@H]12)[C@@]1(C)[C@@H](OC(C)=O)[C@H]2O[C@H]2C[C@]1(O)C(=O)[C@@H]3OC(C)=O. The minimum Gasteiger partial charge on any atom is -0.462 e. The number of epoxide rings is 2. The molecule has 8 aliphatic rings. The number of Topliss-reactive ketones (excluding diaryl/α,β-unsaturated/α-hetero) is 1. The van der Waals surface area contributed by atoms with Crippen molar-refractivity contribution in [3.63, 3.8) is 0 Å². The molecule has 55 heavy (non-hydrogen) atoms. The Balaban J connectivity index is 1.46. The monoisotopic (exact) mass is 776 g/mol. The predicted molar refractivity (Wildman–Crippen MR) is 176 cm³/mol. The maximum Gasteiger partial charge on any atom is 0.341 e. The van der Waals surface area contributed by atoms with Crippen molar-refractivity contribution in [2.24, 2.45) is 51.8 Å². The molecule has 0 aromatic rings. The van der Waals surface area contributed by atoms with E-state index in [2.05, 4.69) is 0 Å². The quantitative estimate of drug-likeness (QED) is 0.217. The first-order chi connectivity index (χ1) is 25.4. The van der Waals surface area contributed by atoms with Crippen molar-refractivity contribution in [2.45, 2.75) is 141 Å². The van der Waals surface area contributed by atoms with Gasteiger partial charge in [0.25, 0.3) is 0 Å². The number of rotatable bonds is 5. The highest BCUT2D eigenvalue weighted by molar-refractivity contribution is 5.95. The fourth-order valence-electron chi connectivity index (χ4n) is 13.5. The summed E-state index contributed by atoms with van der Waals surface area (Å²) < 4.78 is 48.6. The first-order valence-corrected chi connectivity index (χ1v) is 18.8. The molecule has 0 aromatic carbocycles. The topological polar surface area (TPSA) is 240 Å². The second-order valence-electron chi connectivity index (χ2n) is 17.9. The van der Waals surface area contributed by atoms with Gasteiger partial charge in [-0.1, -0.05) is 20.8 Å². The molecule has 0 radical (unpaired) electrons. The zero-order valence-electron chi connectivity index (χ0n) is 32.3. The Hall–Kier alpha value is -3.67. The third kappa shape index (κ3) is 4.35. The number of ether oxygens (including phenoxy) is 8. The van der Waals surface area contributed by atoms with Crippen LogP contribution in [0.25, 0.3) is 0 Å². The van der Waals surface area contributed by atoms with E-state index < -0.39 is 159 Å². The van der Waals surface area contributed by atoms with Gasteiger partial charge in [-0.15, -0.1) is 0 Å². The van der Waals surface area contributed by atoms with Crippen molar-refractivity contribution in [3.8, 4) is 0 Å². The molecule has 8 fully saturated rings. The molecule has 5 saturated carbocycles. The molecule has 0 aromatic heterocycles. The number of fused-ring (bicyclic) bond motifs is 9. The van der Waals surface area contributed by atoms with Gasteiger partial charge >= 0.3 is 35.8 Å². The van der Waals surface area contributed by atoms with Crippen LogP contribution in [0.4, 0.5) is 0 Å². The Morgan fingerprint density at radius 2 is 1.25 bits per heavy atom. The Kier molecular flexibility index (Phi) is 7.82. The van der Waals surface area contributed by atoms with Crippen molar-refractivity contribution in [2.75, 3.05) is 0 Å². The zero-order chi connectivity index (χ0) is 40.5. The molecule has 0 bridgehead atoms. The fraction of sp³-hybridized carbons (Fsp3) is 0.816. The molecular formula is C38H48O17. The highest BCUT2D eigenvalue weighted by Gasteiger charge is 2.94. The maximum atomic E-state index is 15.2. The van der Waals surface area contributed by atoms with Gasteiger partial charge in [-0.25, -0.2) is 4.79 Å². The van der Waals surface area contributed by atoms with E-state index in [-0.39, 0.29) is 6.42 Å². The summed E-state index contributed by atoms with van der Waals surface area (Å²) in [6, 6.07) is 0. The molecule has 1 spiro atoms. The van der Waals surface area contributed by atoms with Crippen LogP contribution in [0, 0.1) is 51.8 Å². The summed E-state index contributed by atoms with van der Waals surface area (Å²) in [4.78, 5) is 94.5. The molecule has 3 heterocycles. The Labute approximate surface area is 316 Å². The third-order valence-electron chi connectivity index (χ3n) is 15.4. The first-order valence-electron chi connectivity index (χ1n) is 18.8. The zero-order valence-corrected chi connectivity index (χ0v) is 32.3. The Morgan fingerprint density at radius 1 is 0.709 bits per heavy atom. The number of carbonyl (C=O) groups is 7. The Morgan fingerprint density at radius 3 is 1.82 bits per heavy atom. The summed E-state index contributed by atoms with van der Waals surface area (Å²) in [6.45, 7) is 13.7. The van der Waals surface area contributed by atoms with E-state index in [4.69, 9.17) is 37.9 Å².